The number of carboxylic acid groups (broad SMARTS) is 1. The first kappa shape index (κ1) is 15.9. The van der Waals surface area contributed by atoms with Crippen molar-refractivity contribution in [1.82, 2.24) is 5.32 Å². The van der Waals surface area contributed by atoms with Crippen molar-refractivity contribution in [2.24, 2.45) is 0 Å². The van der Waals surface area contributed by atoms with Crippen LogP contribution in [0.4, 0.5) is 4.39 Å². The average molecular weight is 304 g/mol. The van der Waals surface area contributed by atoms with Crippen LogP contribution in [-0.4, -0.2) is 36.1 Å². The molecule has 0 aliphatic rings. The molecule has 0 saturated heterocycles. The molecule has 1 atom stereocenters. The van der Waals surface area contributed by atoms with Gasteiger partial charge in [0, 0.05) is 0 Å². The van der Waals surface area contributed by atoms with Gasteiger partial charge in [-0.05, 0) is 18.2 Å². The molecule has 1 aromatic rings. The van der Waals surface area contributed by atoms with E-state index in [4.69, 9.17) is 16.7 Å². The summed E-state index contributed by atoms with van der Waals surface area (Å²) in [4.78, 5) is 33.8. The van der Waals surface area contributed by atoms with Gasteiger partial charge in [-0.3, -0.25) is 9.59 Å². The van der Waals surface area contributed by atoms with Crippen molar-refractivity contribution in [3.05, 3.63) is 34.6 Å². The number of benzene rings is 1. The van der Waals surface area contributed by atoms with Gasteiger partial charge >= 0.3 is 11.9 Å². The van der Waals surface area contributed by atoms with Crippen LogP contribution in [0.5, 0.6) is 0 Å². The SMILES string of the molecule is COC(=O)C[C@H](NC(=O)c1ccc(F)cc1Cl)C(=O)O. The minimum Gasteiger partial charge on any atom is -0.480 e. The van der Waals surface area contributed by atoms with Gasteiger partial charge in [0.2, 0.25) is 0 Å². The topological polar surface area (TPSA) is 92.7 Å². The highest BCUT2D eigenvalue weighted by molar-refractivity contribution is 6.33. The molecule has 0 aliphatic carbocycles. The smallest absolute Gasteiger partial charge is 0.326 e. The van der Waals surface area contributed by atoms with E-state index in [1.165, 1.54) is 0 Å². The Morgan fingerprint density at radius 2 is 2.10 bits per heavy atom. The van der Waals surface area contributed by atoms with Gasteiger partial charge in [0.15, 0.2) is 0 Å². The molecule has 20 heavy (non-hydrogen) atoms. The second-order valence-corrected chi connectivity index (χ2v) is 4.18. The fraction of sp³-hybridized carbons (Fsp3) is 0.250. The minimum atomic E-state index is -1.46. The third kappa shape index (κ3) is 4.20. The predicted molar refractivity (Wildman–Crippen MR) is 66.9 cm³/mol. The van der Waals surface area contributed by atoms with Crippen molar-refractivity contribution in [3.8, 4) is 0 Å². The van der Waals surface area contributed by atoms with Crippen molar-refractivity contribution in [1.29, 1.82) is 0 Å². The Hall–Kier alpha value is -2.15. The molecule has 8 heteroatoms. The van der Waals surface area contributed by atoms with Crippen molar-refractivity contribution in [2.75, 3.05) is 7.11 Å². The van der Waals surface area contributed by atoms with Crippen LogP contribution in [0.25, 0.3) is 0 Å². The quantitative estimate of drug-likeness (QED) is 0.798. The van der Waals surface area contributed by atoms with E-state index >= 15 is 0 Å². The van der Waals surface area contributed by atoms with Crippen LogP contribution in [0.15, 0.2) is 18.2 Å². The number of aliphatic carboxylic acids is 1. The predicted octanol–water partition coefficient (Wildman–Crippen LogP) is 1.23. The molecule has 0 aromatic heterocycles. The highest BCUT2D eigenvalue weighted by atomic mass is 35.5. The summed E-state index contributed by atoms with van der Waals surface area (Å²) in [7, 11) is 1.10. The first-order valence-corrected chi connectivity index (χ1v) is 5.78. The highest BCUT2D eigenvalue weighted by Gasteiger charge is 2.25. The van der Waals surface area contributed by atoms with E-state index in [9.17, 15) is 18.8 Å². The molecule has 0 bridgehead atoms. The van der Waals surface area contributed by atoms with Crippen LogP contribution in [0, 0.1) is 5.82 Å². The first-order valence-electron chi connectivity index (χ1n) is 5.40. The summed E-state index contributed by atoms with van der Waals surface area (Å²) in [5.74, 6) is -3.65. The summed E-state index contributed by atoms with van der Waals surface area (Å²) in [6.45, 7) is 0. The Morgan fingerprint density at radius 3 is 2.60 bits per heavy atom. The Morgan fingerprint density at radius 1 is 1.45 bits per heavy atom. The number of carboxylic acids is 1. The summed E-state index contributed by atoms with van der Waals surface area (Å²) < 4.78 is 17.2. The first-order chi connectivity index (χ1) is 9.35. The fourth-order valence-corrected chi connectivity index (χ4v) is 1.61. The molecule has 0 fully saturated rings. The summed E-state index contributed by atoms with van der Waals surface area (Å²) in [6.07, 6.45) is -0.531. The number of carbonyl (C=O) groups is 3. The van der Waals surface area contributed by atoms with Crippen LogP contribution in [0.2, 0.25) is 5.02 Å². The molecular formula is C12H11ClFNO5. The molecule has 6 nitrogen and oxygen atoms in total. The van der Waals surface area contributed by atoms with Crippen LogP contribution in [0.1, 0.15) is 16.8 Å². The largest absolute Gasteiger partial charge is 0.480 e. The summed E-state index contributed by atoms with van der Waals surface area (Å²) in [5.41, 5.74) is -0.0933. The van der Waals surface area contributed by atoms with Gasteiger partial charge in [-0.25, -0.2) is 9.18 Å². The number of carbonyl (C=O) groups excluding carboxylic acids is 2. The summed E-state index contributed by atoms with van der Waals surface area (Å²) >= 11 is 5.68. The molecule has 0 heterocycles. The lowest BCUT2D eigenvalue weighted by molar-refractivity contribution is -0.147. The zero-order valence-electron chi connectivity index (χ0n) is 10.4. The zero-order valence-corrected chi connectivity index (χ0v) is 11.1. The van der Waals surface area contributed by atoms with Crippen molar-refractivity contribution < 1.29 is 28.6 Å². The molecule has 108 valence electrons. The monoisotopic (exact) mass is 303 g/mol. The molecule has 0 unspecified atom stereocenters. The Labute approximate surface area is 118 Å². The van der Waals surface area contributed by atoms with Crippen LogP contribution >= 0.6 is 11.6 Å². The van der Waals surface area contributed by atoms with E-state index in [0.717, 1.165) is 25.3 Å². The molecule has 2 N–H and O–H groups in total. The second kappa shape index (κ2) is 6.85. The maximum Gasteiger partial charge on any atom is 0.326 e. The van der Waals surface area contributed by atoms with E-state index in [1.54, 1.807) is 0 Å². The van der Waals surface area contributed by atoms with E-state index in [2.05, 4.69) is 10.1 Å². The lowest BCUT2D eigenvalue weighted by Gasteiger charge is -2.13. The normalized spacial score (nSPS) is 11.6. The number of esters is 1. The van der Waals surface area contributed by atoms with Crippen molar-refractivity contribution in [2.45, 2.75) is 12.5 Å². The maximum atomic E-state index is 12.8. The number of ether oxygens (including phenoxy) is 1. The van der Waals surface area contributed by atoms with E-state index in [1.807, 2.05) is 0 Å². The van der Waals surface area contributed by atoms with Crippen molar-refractivity contribution in [3.63, 3.8) is 0 Å². The van der Waals surface area contributed by atoms with E-state index < -0.39 is 36.1 Å². The molecule has 1 amide bonds. The second-order valence-electron chi connectivity index (χ2n) is 3.77. The number of hydrogen-bond donors (Lipinski definition) is 2. The Bertz CT molecular complexity index is 549. The van der Waals surface area contributed by atoms with Gasteiger partial charge in [-0.15, -0.1) is 0 Å². The fourth-order valence-electron chi connectivity index (χ4n) is 1.36. The number of hydrogen-bond acceptors (Lipinski definition) is 4. The molecule has 0 saturated carbocycles. The summed E-state index contributed by atoms with van der Waals surface area (Å²) in [5, 5.41) is 10.9. The average Bonchev–Trinajstić information content (AvgIpc) is 2.37. The highest BCUT2D eigenvalue weighted by Crippen LogP contribution is 2.17. The minimum absolute atomic E-state index is 0.0933. The molecular weight excluding hydrogens is 293 g/mol. The van der Waals surface area contributed by atoms with E-state index in [-0.39, 0.29) is 10.6 Å². The molecule has 0 aliphatic heterocycles. The number of methoxy groups -OCH3 is 1. The third-order valence-electron chi connectivity index (χ3n) is 2.38. The number of amides is 1. The van der Waals surface area contributed by atoms with E-state index in [0.29, 0.717) is 0 Å². The molecule has 0 spiro atoms. The van der Waals surface area contributed by atoms with Gasteiger partial charge in [0.25, 0.3) is 5.91 Å². The van der Waals surface area contributed by atoms with Gasteiger partial charge in [-0.1, -0.05) is 11.6 Å². The Kier molecular flexibility index (Phi) is 5.45. The summed E-state index contributed by atoms with van der Waals surface area (Å²) in [6, 6.07) is 1.59. The van der Waals surface area contributed by atoms with Gasteiger partial charge in [-0.2, -0.15) is 0 Å². The molecule has 1 rings (SSSR count). The Balaban J connectivity index is 2.85. The van der Waals surface area contributed by atoms with Crippen LogP contribution < -0.4 is 5.32 Å². The number of nitrogens with one attached hydrogen (secondary N) is 1. The van der Waals surface area contributed by atoms with Crippen molar-refractivity contribution >= 4 is 29.4 Å². The van der Waals surface area contributed by atoms with Gasteiger partial charge < -0.3 is 15.2 Å². The lowest BCUT2D eigenvalue weighted by Crippen LogP contribution is -2.42. The third-order valence-corrected chi connectivity index (χ3v) is 2.69. The van der Waals surface area contributed by atoms with Gasteiger partial charge in [0.05, 0.1) is 24.1 Å². The lowest BCUT2D eigenvalue weighted by atomic mass is 10.1. The molecule has 1 aromatic carbocycles. The van der Waals surface area contributed by atoms with Crippen LogP contribution in [0.3, 0.4) is 0 Å². The number of rotatable bonds is 5. The standard InChI is InChI=1S/C12H11ClFNO5/c1-20-10(16)5-9(12(18)19)15-11(17)7-3-2-6(14)4-8(7)13/h2-4,9H,5H2,1H3,(H,15,17)(H,18,19)/t9-/m0/s1. The zero-order chi connectivity index (χ0) is 15.3. The molecule has 0 radical (unpaired) electrons. The van der Waals surface area contributed by atoms with Crippen LogP contribution in [-0.2, 0) is 14.3 Å². The maximum absolute atomic E-state index is 12.8. The van der Waals surface area contributed by atoms with Gasteiger partial charge in [0.1, 0.15) is 11.9 Å². The number of halogens is 2.